The number of hydrogen-bond acceptors (Lipinski definition) is 3. The van der Waals surface area contributed by atoms with Gasteiger partial charge in [0.1, 0.15) is 6.10 Å². The van der Waals surface area contributed by atoms with Crippen LogP contribution in [0.1, 0.15) is 22.9 Å². The minimum absolute atomic E-state index is 0.605. The number of nitriles is 1. The Kier molecular flexibility index (Phi) is 3.95. The molecule has 0 bridgehead atoms. The zero-order valence-corrected chi connectivity index (χ0v) is 11.8. The Bertz CT molecular complexity index is 822. The zero-order chi connectivity index (χ0) is 15.4. The van der Waals surface area contributed by atoms with Crippen LogP contribution >= 0.6 is 0 Å². The van der Waals surface area contributed by atoms with E-state index in [2.05, 4.69) is 11.1 Å². The Hall–Kier alpha value is -2.96. The van der Waals surface area contributed by atoms with E-state index in [0.29, 0.717) is 11.3 Å². The number of benzene rings is 2. The monoisotopic (exact) mass is 286 g/mol. The smallest absolute Gasteiger partial charge is 0.121 e. The Balaban J connectivity index is 2.02. The van der Waals surface area contributed by atoms with Gasteiger partial charge in [-0.05, 0) is 41.0 Å². The molecule has 3 nitrogen and oxygen atoms in total. The number of pyridine rings is 1. The molecule has 0 amide bonds. The molecule has 1 unspecified atom stereocenters. The molecule has 1 heterocycles. The molecule has 0 radical (unpaired) electrons. The summed E-state index contributed by atoms with van der Waals surface area (Å²) in [5.41, 5.74) is 3.74. The summed E-state index contributed by atoms with van der Waals surface area (Å²) in [5.74, 6) is 0. The standard InChI is InChI=1S/C19H14N2O/c20-13-16-6-1-2-9-17(16)14-7-5-8-15(12-14)19(22)18-10-3-4-11-21-18/h1-12,19,22H. The molecule has 0 aliphatic carbocycles. The van der Waals surface area contributed by atoms with Gasteiger partial charge in [-0.3, -0.25) is 4.98 Å². The first-order valence-electron chi connectivity index (χ1n) is 6.98. The van der Waals surface area contributed by atoms with Gasteiger partial charge in [0.05, 0.1) is 17.3 Å². The van der Waals surface area contributed by atoms with E-state index >= 15 is 0 Å². The molecule has 3 rings (SSSR count). The van der Waals surface area contributed by atoms with Crippen LogP contribution in [-0.4, -0.2) is 10.1 Å². The lowest BCUT2D eigenvalue weighted by molar-refractivity contribution is 0.215. The number of aliphatic hydroxyl groups is 1. The fourth-order valence-corrected chi connectivity index (χ4v) is 2.42. The van der Waals surface area contributed by atoms with Crippen molar-refractivity contribution in [3.05, 3.63) is 89.7 Å². The van der Waals surface area contributed by atoms with Crippen molar-refractivity contribution < 1.29 is 5.11 Å². The van der Waals surface area contributed by atoms with E-state index in [1.54, 1.807) is 18.3 Å². The molecule has 106 valence electrons. The number of hydrogen-bond donors (Lipinski definition) is 1. The topological polar surface area (TPSA) is 56.9 Å². The van der Waals surface area contributed by atoms with Crippen molar-refractivity contribution in [1.29, 1.82) is 5.26 Å². The maximum atomic E-state index is 10.5. The first kappa shape index (κ1) is 14.0. The van der Waals surface area contributed by atoms with E-state index in [0.717, 1.165) is 16.7 Å². The van der Waals surface area contributed by atoms with Crippen LogP contribution in [0.4, 0.5) is 0 Å². The van der Waals surface area contributed by atoms with Crippen molar-refractivity contribution in [2.24, 2.45) is 0 Å². The zero-order valence-electron chi connectivity index (χ0n) is 11.8. The van der Waals surface area contributed by atoms with Gasteiger partial charge in [0.25, 0.3) is 0 Å². The summed E-state index contributed by atoms with van der Waals surface area (Å²) in [4.78, 5) is 4.19. The predicted octanol–water partition coefficient (Wildman–Crippen LogP) is 3.70. The average Bonchev–Trinajstić information content (AvgIpc) is 2.62. The molecule has 0 aliphatic heterocycles. The van der Waals surface area contributed by atoms with E-state index in [1.807, 2.05) is 54.6 Å². The summed E-state index contributed by atoms with van der Waals surface area (Å²) in [5, 5.41) is 19.7. The summed E-state index contributed by atoms with van der Waals surface area (Å²) in [7, 11) is 0. The highest BCUT2D eigenvalue weighted by molar-refractivity contribution is 5.71. The van der Waals surface area contributed by atoms with Gasteiger partial charge in [0, 0.05) is 6.20 Å². The van der Waals surface area contributed by atoms with Gasteiger partial charge in [0.15, 0.2) is 0 Å². The molecule has 0 fully saturated rings. The highest BCUT2D eigenvalue weighted by Gasteiger charge is 2.13. The second-order valence-corrected chi connectivity index (χ2v) is 4.94. The molecule has 3 heteroatoms. The summed E-state index contributed by atoms with van der Waals surface area (Å²) >= 11 is 0. The Morgan fingerprint density at radius 3 is 2.55 bits per heavy atom. The third kappa shape index (κ3) is 2.73. The lowest BCUT2D eigenvalue weighted by atomic mass is 9.96. The second kappa shape index (κ2) is 6.21. The molecular formula is C19H14N2O. The molecular weight excluding hydrogens is 272 g/mol. The normalized spacial score (nSPS) is 11.6. The first-order valence-corrected chi connectivity index (χ1v) is 6.98. The highest BCUT2D eigenvalue weighted by Crippen LogP contribution is 2.27. The fraction of sp³-hybridized carbons (Fsp3) is 0.0526. The number of rotatable bonds is 3. The predicted molar refractivity (Wildman–Crippen MR) is 84.9 cm³/mol. The molecule has 1 N–H and O–H groups in total. The van der Waals surface area contributed by atoms with Gasteiger partial charge in [-0.15, -0.1) is 0 Å². The minimum Gasteiger partial charge on any atom is -0.382 e. The second-order valence-electron chi connectivity index (χ2n) is 4.94. The maximum Gasteiger partial charge on any atom is 0.121 e. The average molecular weight is 286 g/mol. The van der Waals surface area contributed by atoms with E-state index in [9.17, 15) is 10.4 Å². The third-order valence-corrected chi connectivity index (χ3v) is 3.53. The molecule has 0 saturated carbocycles. The van der Waals surface area contributed by atoms with E-state index in [-0.39, 0.29) is 0 Å². The fourth-order valence-electron chi connectivity index (χ4n) is 2.42. The summed E-state index contributed by atoms with van der Waals surface area (Å²) < 4.78 is 0. The molecule has 22 heavy (non-hydrogen) atoms. The molecule has 1 aromatic heterocycles. The van der Waals surface area contributed by atoms with Crippen molar-refractivity contribution in [2.75, 3.05) is 0 Å². The van der Waals surface area contributed by atoms with Crippen LogP contribution < -0.4 is 0 Å². The van der Waals surface area contributed by atoms with Gasteiger partial charge in [-0.25, -0.2) is 0 Å². The van der Waals surface area contributed by atoms with E-state index in [1.165, 1.54) is 0 Å². The summed E-state index contributed by atoms with van der Waals surface area (Å²) in [6.07, 6.45) is 0.878. The van der Waals surface area contributed by atoms with Crippen molar-refractivity contribution in [2.45, 2.75) is 6.10 Å². The molecule has 2 aromatic carbocycles. The molecule has 0 saturated heterocycles. The molecule has 0 spiro atoms. The van der Waals surface area contributed by atoms with Crippen LogP contribution in [-0.2, 0) is 0 Å². The number of aliphatic hydroxyl groups excluding tert-OH is 1. The minimum atomic E-state index is -0.782. The SMILES string of the molecule is N#Cc1ccccc1-c1cccc(C(O)c2ccccn2)c1. The Morgan fingerprint density at radius 1 is 0.955 bits per heavy atom. The van der Waals surface area contributed by atoms with Crippen molar-refractivity contribution in [3.8, 4) is 17.2 Å². The van der Waals surface area contributed by atoms with Crippen LogP contribution in [0, 0.1) is 11.3 Å². The lowest BCUT2D eigenvalue weighted by Crippen LogP contribution is -2.02. The largest absolute Gasteiger partial charge is 0.382 e. The van der Waals surface area contributed by atoms with E-state index < -0.39 is 6.10 Å². The van der Waals surface area contributed by atoms with Crippen LogP contribution in [0.2, 0.25) is 0 Å². The van der Waals surface area contributed by atoms with Gasteiger partial charge < -0.3 is 5.11 Å². The van der Waals surface area contributed by atoms with Crippen molar-refractivity contribution in [1.82, 2.24) is 4.98 Å². The molecule has 0 aliphatic rings. The maximum absolute atomic E-state index is 10.5. The molecule has 3 aromatic rings. The highest BCUT2D eigenvalue weighted by atomic mass is 16.3. The van der Waals surface area contributed by atoms with Crippen molar-refractivity contribution >= 4 is 0 Å². The van der Waals surface area contributed by atoms with Gasteiger partial charge in [-0.2, -0.15) is 5.26 Å². The Morgan fingerprint density at radius 2 is 1.77 bits per heavy atom. The summed E-state index contributed by atoms with van der Waals surface area (Å²) in [6, 6.07) is 22.7. The van der Waals surface area contributed by atoms with Crippen LogP contribution in [0.5, 0.6) is 0 Å². The quantitative estimate of drug-likeness (QED) is 0.798. The molecule has 1 atom stereocenters. The van der Waals surface area contributed by atoms with Crippen LogP contribution in [0.25, 0.3) is 11.1 Å². The van der Waals surface area contributed by atoms with Crippen molar-refractivity contribution in [3.63, 3.8) is 0 Å². The van der Waals surface area contributed by atoms with Crippen LogP contribution in [0.3, 0.4) is 0 Å². The lowest BCUT2D eigenvalue weighted by Gasteiger charge is -2.12. The van der Waals surface area contributed by atoms with Gasteiger partial charge in [-0.1, -0.05) is 42.5 Å². The van der Waals surface area contributed by atoms with E-state index in [4.69, 9.17) is 0 Å². The van der Waals surface area contributed by atoms with Gasteiger partial charge in [0.2, 0.25) is 0 Å². The number of aromatic nitrogens is 1. The third-order valence-electron chi connectivity index (χ3n) is 3.53. The van der Waals surface area contributed by atoms with Crippen LogP contribution in [0.15, 0.2) is 72.9 Å². The number of nitrogens with zero attached hydrogens (tertiary/aromatic N) is 2. The Labute approximate surface area is 129 Å². The first-order chi connectivity index (χ1) is 10.8. The van der Waals surface area contributed by atoms with Gasteiger partial charge >= 0.3 is 0 Å². The summed E-state index contributed by atoms with van der Waals surface area (Å²) in [6.45, 7) is 0.